The van der Waals surface area contributed by atoms with Gasteiger partial charge >= 0.3 is 0 Å². The Morgan fingerprint density at radius 3 is 2.83 bits per heavy atom. The quantitative estimate of drug-likeness (QED) is 0.812. The SMILES string of the molecule is Cc1cccc([C@H](N)CO)c1Br. The van der Waals surface area contributed by atoms with Crippen LogP contribution in [0.5, 0.6) is 0 Å². The van der Waals surface area contributed by atoms with Gasteiger partial charge in [-0.1, -0.05) is 34.1 Å². The number of aryl methyl sites for hydroxylation is 1. The van der Waals surface area contributed by atoms with Gasteiger partial charge < -0.3 is 10.8 Å². The van der Waals surface area contributed by atoms with Crippen LogP contribution in [0.15, 0.2) is 22.7 Å². The van der Waals surface area contributed by atoms with Gasteiger partial charge in [-0.05, 0) is 18.1 Å². The minimum absolute atomic E-state index is 0.0257. The third-order valence-electron chi connectivity index (χ3n) is 1.82. The molecule has 0 bridgehead atoms. The Morgan fingerprint density at radius 2 is 2.25 bits per heavy atom. The van der Waals surface area contributed by atoms with Crippen molar-refractivity contribution in [1.29, 1.82) is 0 Å². The monoisotopic (exact) mass is 229 g/mol. The van der Waals surface area contributed by atoms with Crippen LogP contribution in [0.25, 0.3) is 0 Å². The zero-order chi connectivity index (χ0) is 9.14. The molecular weight excluding hydrogens is 218 g/mol. The molecule has 66 valence electrons. The van der Waals surface area contributed by atoms with Crippen molar-refractivity contribution in [3.63, 3.8) is 0 Å². The van der Waals surface area contributed by atoms with Crippen molar-refractivity contribution in [2.75, 3.05) is 6.61 Å². The number of hydrogen-bond acceptors (Lipinski definition) is 2. The Bertz CT molecular complexity index is 275. The molecule has 0 aliphatic carbocycles. The van der Waals surface area contributed by atoms with Gasteiger partial charge in [0.15, 0.2) is 0 Å². The largest absolute Gasteiger partial charge is 0.394 e. The highest BCUT2D eigenvalue weighted by Gasteiger charge is 2.08. The summed E-state index contributed by atoms with van der Waals surface area (Å²) in [6, 6.07) is 5.56. The van der Waals surface area contributed by atoms with Gasteiger partial charge in [-0.2, -0.15) is 0 Å². The number of rotatable bonds is 2. The molecule has 2 nitrogen and oxygen atoms in total. The highest BCUT2D eigenvalue weighted by molar-refractivity contribution is 9.10. The van der Waals surface area contributed by atoms with Gasteiger partial charge in [0.25, 0.3) is 0 Å². The van der Waals surface area contributed by atoms with E-state index in [9.17, 15) is 0 Å². The fourth-order valence-electron chi connectivity index (χ4n) is 1.05. The summed E-state index contributed by atoms with van der Waals surface area (Å²) in [7, 11) is 0. The number of hydrogen-bond donors (Lipinski definition) is 2. The van der Waals surface area contributed by atoms with E-state index < -0.39 is 0 Å². The molecule has 0 aromatic heterocycles. The topological polar surface area (TPSA) is 46.2 Å². The lowest BCUT2D eigenvalue weighted by Crippen LogP contribution is -2.15. The number of benzene rings is 1. The van der Waals surface area contributed by atoms with E-state index in [4.69, 9.17) is 10.8 Å². The summed E-state index contributed by atoms with van der Waals surface area (Å²) in [6.07, 6.45) is 0. The summed E-state index contributed by atoms with van der Waals surface area (Å²) in [6.45, 7) is 1.97. The second-order valence-electron chi connectivity index (χ2n) is 2.77. The Morgan fingerprint density at radius 1 is 1.58 bits per heavy atom. The van der Waals surface area contributed by atoms with Gasteiger partial charge in [0.05, 0.1) is 12.6 Å². The molecule has 1 rings (SSSR count). The lowest BCUT2D eigenvalue weighted by Gasteiger charge is -2.11. The maximum absolute atomic E-state index is 8.86. The third kappa shape index (κ3) is 1.86. The van der Waals surface area contributed by atoms with Crippen LogP contribution in [0.2, 0.25) is 0 Å². The molecule has 0 heterocycles. The molecule has 1 atom stereocenters. The fourth-order valence-corrected chi connectivity index (χ4v) is 1.61. The van der Waals surface area contributed by atoms with Crippen molar-refractivity contribution in [2.45, 2.75) is 13.0 Å². The Labute approximate surface area is 80.5 Å². The van der Waals surface area contributed by atoms with Crippen LogP contribution in [0, 0.1) is 6.92 Å². The third-order valence-corrected chi connectivity index (χ3v) is 2.90. The molecule has 0 fully saturated rings. The van der Waals surface area contributed by atoms with Gasteiger partial charge in [-0.15, -0.1) is 0 Å². The minimum Gasteiger partial charge on any atom is -0.394 e. The van der Waals surface area contributed by atoms with Crippen LogP contribution in [-0.4, -0.2) is 11.7 Å². The first kappa shape index (κ1) is 9.71. The molecule has 0 amide bonds. The fraction of sp³-hybridized carbons (Fsp3) is 0.333. The van der Waals surface area contributed by atoms with Crippen LogP contribution >= 0.6 is 15.9 Å². The molecular formula is C9H12BrNO. The van der Waals surface area contributed by atoms with E-state index in [1.807, 2.05) is 25.1 Å². The van der Waals surface area contributed by atoms with E-state index in [2.05, 4.69) is 15.9 Å². The number of aliphatic hydroxyl groups excluding tert-OH is 1. The van der Waals surface area contributed by atoms with Crippen LogP contribution < -0.4 is 5.73 Å². The summed E-state index contributed by atoms with van der Waals surface area (Å²) in [5.74, 6) is 0. The molecule has 0 unspecified atom stereocenters. The summed E-state index contributed by atoms with van der Waals surface area (Å²) >= 11 is 3.43. The molecule has 0 spiro atoms. The first-order chi connectivity index (χ1) is 5.66. The molecule has 1 aromatic rings. The van der Waals surface area contributed by atoms with E-state index in [0.29, 0.717) is 0 Å². The Kier molecular flexibility index (Phi) is 3.26. The average molecular weight is 230 g/mol. The highest BCUT2D eigenvalue weighted by atomic mass is 79.9. The van der Waals surface area contributed by atoms with Crippen molar-refractivity contribution < 1.29 is 5.11 Å². The van der Waals surface area contributed by atoms with E-state index in [-0.39, 0.29) is 12.6 Å². The Hall–Kier alpha value is -0.380. The van der Waals surface area contributed by atoms with Crippen molar-refractivity contribution >= 4 is 15.9 Å². The maximum Gasteiger partial charge on any atom is 0.0624 e. The molecule has 3 N–H and O–H groups in total. The zero-order valence-corrected chi connectivity index (χ0v) is 8.51. The molecule has 12 heavy (non-hydrogen) atoms. The predicted octanol–water partition coefficient (Wildman–Crippen LogP) is 1.75. The highest BCUT2D eigenvalue weighted by Crippen LogP contribution is 2.24. The van der Waals surface area contributed by atoms with E-state index >= 15 is 0 Å². The number of nitrogens with two attached hydrogens (primary N) is 1. The maximum atomic E-state index is 8.86. The normalized spacial score (nSPS) is 13.0. The first-order valence-electron chi connectivity index (χ1n) is 3.78. The second kappa shape index (κ2) is 4.03. The van der Waals surface area contributed by atoms with Gasteiger partial charge in [-0.3, -0.25) is 0 Å². The van der Waals surface area contributed by atoms with Gasteiger partial charge in [0.2, 0.25) is 0 Å². The molecule has 0 radical (unpaired) electrons. The minimum atomic E-state index is -0.292. The molecule has 1 aromatic carbocycles. The van der Waals surface area contributed by atoms with Crippen LogP contribution in [-0.2, 0) is 0 Å². The van der Waals surface area contributed by atoms with Crippen LogP contribution in [0.4, 0.5) is 0 Å². The number of halogens is 1. The van der Waals surface area contributed by atoms with Crippen molar-refractivity contribution in [3.05, 3.63) is 33.8 Å². The summed E-state index contributed by atoms with van der Waals surface area (Å²) < 4.78 is 0.992. The average Bonchev–Trinajstić information content (AvgIpc) is 2.08. The van der Waals surface area contributed by atoms with Crippen molar-refractivity contribution in [2.24, 2.45) is 5.73 Å². The van der Waals surface area contributed by atoms with E-state index in [1.54, 1.807) is 0 Å². The molecule has 3 heteroatoms. The van der Waals surface area contributed by atoms with Crippen LogP contribution in [0.1, 0.15) is 17.2 Å². The van der Waals surface area contributed by atoms with E-state index in [0.717, 1.165) is 15.6 Å². The number of aliphatic hydroxyl groups is 1. The summed E-state index contributed by atoms with van der Waals surface area (Å²) in [5.41, 5.74) is 7.78. The standard InChI is InChI=1S/C9H12BrNO/c1-6-3-2-4-7(9(6)10)8(11)5-12/h2-4,8,12H,5,11H2,1H3/t8-/m1/s1. The van der Waals surface area contributed by atoms with Gasteiger partial charge in [-0.25, -0.2) is 0 Å². The smallest absolute Gasteiger partial charge is 0.0624 e. The lowest BCUT2D eigenvalue weighted by atomic mass is 10.1. The van der Waals surface area contributed by atoms with Gasteiger partial charge in [0.1, 0.15) is 0 Å². The van der Waals surface area contributed by atoms with E-state index in [1.165, 1.54) is 0 Å². The van der Waals surface area contributed by atoms with Crippen molar-refractivity contribution in [1.82, 2.24) is 0 Å². The molecule has 0 saturated carbocycles. The zero-order valence-electron chi connectivity index (χ0n) is 6.92. The molecule has 0 aliphatic heterocycles. The summed E-state index contributed by atoms with van der Waals surface area (Å²) in [4.78, 5) is 0. The predicted molar refractivity (Wildman–Crippen MR) is 52.9 cm³/mol. The molecule has 0 aliphatic rings. The van der Waals surface area contributed by atoms with Crippen molar-refractivity contribution in [3.8, 4) is 0 Å². The second-order valence-corrected chi connectivity index (χ2v) is 3.56. The molecule has 0 saturated heterocycles. The summed E-state index contributed by atoms with van der Waals surface area (Å²) in [5, 5.41) is 8.86. The first-order valence-corrected chi connectivity index (χ1v) is 4.57. The van der Waals surface area contributed by atoms with Gasteiger partial charge in [0, 0.05) is 4.47 Å². The van der Waals surface area contributed by atoms with Crippen LogP contribution in [0.3, 0.4) is 0 Å². The lowest BCUT2D eigenvalue weighted by molar-refractivity contribution is 0.267. The Balaban J connectivity index is 3.07.